The minimum Gasteiger partial charge on any atom is -0.497 e. The standard InChI is InChI=1S/C16H21N3O4/c1-11(2)15-14(16(20)21)17-18-19(15)9-4-10-23-13-7-5-12(22-3)6-8-13/h5-8,11H,4,9-10H2,1-3H3,(H,20,21). The van der Waals surface area contributed by atoms with Gasteiger partial charge in [0.05, 0.1) is 19.4 Å². The van der Waals surface area contributed by atoms with Crippen LogP contribution in [0.15, 0.2) is 24.3 Å². The molecule has 0 aliphatic carbocycles. The Morgan fingerprint density at radius 2 is 1.91 bits per heavy atom. The van der Waals surface area contributed by atoms with Gasteiger partial charge in [-0.05, 0) is 30.2 Å². The maximum absolute atomic E-state index is 11.2. The number of benzene rings is 1. The summed E-state index contributed by atoms with van der Waals surface area (Å²) in [5.41, 5.74) is 0.665. The number of methoxy groups -OCH3 is 1. The molecule has 23 heavy (non-hydrogen) atoms. The average molecular weight is 319 g/mol. The molecule has 0 unspecified atom stereocenters. The minimum absolute atomic E-state index is 0.0241. The Bertz CT molecular complexity index is 650. The predicted octanol–water partition coefficient (Wildman–Crippen LogP) is 2.58. The van der Waals surface area contributed by atoms with Gasteiger partial charge >= 0.3 is 5.97 Å². The van der Waals surface area contributed by atoms with Gasteiger partial charge in [-0.1, -0.05) is 19.1 Å². The monoisotopic (exact) mass is 319 g/mol. The Kier molecular flexibility index (Phi) is 5.56. The Hall–Kier alpha value is -2.57. The van der Waals surface area contributed by atoms with Gasteiger partial charge in [-0.15, -0.1) is 5.10 Å². The summed E-state index contributed by atoms with van der Waals surface area (Å²) in [4.78, 5) is 11.2. The third-order valence-corrected chi connectivity index (χ3v) is 3.37. The number of carboxylic acids is 1. The van der Waals surface area contributed by atoms with E-state index in [1.165, 1.54) is 0 Å². The number of hydrogen-bond acceptors (Lipinski definition) is 5. The van der Waals surface area contributed by atoms with E-state index in [1.54, 1.807) is 11.8 Å². The first-order valence-corrected chi connectivity index (χ1v) is 7.46. The van der Waals surface area contributed by atoms with Crippen LogP contribution in [0.4, 0.5) is 0 Å². The second-order valence-corrected chi connectivity index (χ2v) is 5.38. The second kappa shape index (κ2) is 7.62. The molecule has 0 fully saturated rings. The van der Waals surface area contributed by atoms with Gasteiger partial charge in [-0.2, -0.15) is 0 Å². The van der Waals surface area contributed by atoms with E-state index in [1.807, 2.05) is 38.1 Å². The molecule has 2 rings (SSSR count). The molecule has 2 aromatic rings. The van der Waals surface area contributed by atoms with Crippen LogP contribution in [0.5, 0.6) is 11.5 Å². The number of rotatable bonds is 8. The molecule has 1 aromatic heterocycles. The minimum atomic E-state index is -1.05. The normalized spacial score (nSPS) is 10.8. The largest absolute Gasteiger partial charge is 0.497 e. The van der Waals surface area contributed by atoms with Gasteiger partial charge in [-0.25, -0.2) is 9.48 Å². The van der Waals surface area contributed by atoms with Crippen molar-refractivity contribution in [2.45, 2.75) is 32.7 Å². The topological polar surface area (TPSA) is 86.5 Å². The number of carbonyl (C=O) groups is 1. The zero-order chi connectivity index (χ0) is 16.8. The first kappa shape index (κ1) is 16.8. The van der Waals surface area contributed by atoms with Crippen LogP contribution in [-0.4, -0.2) is 39.8 Å². The molecule has 1 heterocycles. The van der Waals surface area contributed by atoms with Gasteiger partial charge in [0.1, 0.15) is 11.5 Å². The molecule has 0 bridgehead atoms. The molecule has 0 aliphatic rings. The molecule has 0 amide bonds. The van der Waals surface area contributed by atoms with Crippen LogP contribution in [0.3, 0.4) is 0 Å². The predicted molar refractivity (Wildman–Crippen MR) is 84.2 cm³/mol. The molecule has 0 radical (unpaired) electrons. The summed E-state index contributed by atoms with van der Waals surface area (Å²) >= 11 is 0. The van der Waals surface area contributed by atoms with Crippen molar-refractivity contribution in [2.24, 2.45) is 0 Å². The van der Waals surface area contributed by atoms with Crippen LogP contribution < -0.4 is 9.47 Å². The molecule has 1 N–H and O–H groups in total. The Balaban J connectivity index is 1.90. The van der Waals surface area contributed by atoms with Gasteiger partial charge < -0.3 is 14.6 Å². The van der Waals surface area contributed by atoms with Crippen molar-refractivity contribution < 1.29 is 19.4 Å². The van der Waals surface area contributed by atoms with Crippen LogP contribution in [-0.2, 0) is 6.54 Å². The van der Waals surface area contributed by atoms with E-state index in [2.05, 4.69) is 10.3 Å². The molecule has 0 saturated carbocycles. The Labute approximate surface area is 134 Å². The van der Waals surface area contributed by atoms with Crippen molar-refractivity contribution in [3.05, 3.63) is 35.7 Å². The summed E-state index contributed by atoms with van der Waals surface area (Å²) < 4.78 is 12.4. The highest BCUT2D eigenvalue weighted by Crippen LogP contribution is 2.19. The highest BCUT2D eigenvalue weighted by Gasteiger charge is 2.21. The highest BCUT2D eigenvalue weighted by atomic mass is 16.5. The molecule has 7 heteroatoms. The lowest BCUT2D eigenvalue weighted by Gasteiger charge is -2.10. The molecular formula is C16H21N3O4. The number of ether oxygens (including phenoxy) is 2. The number of hydrogen-bond donors (Lipinski definition) is 1. The van der Waals surface area contributed by atoms with Crippen molar-refractivity contribution in [1.29, 1.82) is 0 Å². The first-order valence-electron chi connectivity index (χ1n) is 7.46. The van der Waals surface area contributed by atoms with Crippen molar-refractivity contribution in [3.63, 3.8) is 0 Å². The lowest BCUT2D eigenvalue weighted by molar-refractivity contribution is 0.0688. The van der Waals surface area contributed by atoms with E-state index in [0.717, 1.165) is 11.5 Å². The van der Waals surface area contributed by atoms with Gasteiger partial charge in [0.2, 0.25) is 0 Å². The maximum Gasteiger partial charge on any atom is 0.358 e. The van der Waals surface area contributed by atoms with Crippen molar-refractivity contribution in [3.8, 4) is 11.5 Å². The van der Waals surface area contributed by atoms with Crippen molar-refractivity contribution in [2.75, 3.05) is 13.7 Å². The van der Waals surface area contributed by atoms with Gasteiger partial charge in [-0.3, -0.25) is 0 Å². The van der Waals surface area contributed by atoms with E-state index < -0.39 is 5.97 Å². The van der Waals surface area contributed by atoms with Crippen LogP contribution in [0, 0.1) is 0 Å². The number of carboxylic acid groups (broad SMARTS) is 1. The van der Waals surface area contributed by atoms with Crippen LogP contribution in [0.1, 0.15) is 42.4 Å². The van der Waals surface area contributed by atoms with Crippen molar-refractivity contribution in [1.82, 2.24) is 15.0 Å². The van der Waals surface area contributed by atoms with Gasteiger partial charge in [0.15, 0.2) is 5.69 Å². The average Bonchev–Trinajstić information content (AvgIpc) is 2.96. The molecule has 0 saturated heterocycles. The second-order valence-electron chi connectivity index (χ2n) is 5.38. The fraction of sp³-hybridized carbons (Fsp3) is 0.438. The van der Waals surface area contributed by atoms with Crippen LogP contribution in [0.2, 0.25) is 0 Å². The molecule has 0 aliphatic heterocycles. The number of nitrogens with zero attached hydrogens (tertiary/aromatic N) is 3. The summed E-state index contributed by atoms with van der Waals surface area (Å²) in [6, 6.07) is 7.36. The quantitative estimate of drug-likeness (QED) is 0.753. The first-order chi connectivity index (χ1) is 11.0. The van der Waals surface area contributed by atoms with E-state index in [-0.39, 0.29) is 11.6 Å². The van der Waals surface area contributed by atoms with Crippen molar-refractivity contribution >= 4 is 5.97 Å². The lowest BCUT2D eigenvalue weighted by Crippen LogP contribution is -2.12. The summed E-state index contributed by atoms with van der Waals surface area (Å²) in [5, 5.41) is 16.8. The fourth-order valence-corrected chi connectivity index (χ4v) is 2.29. The molecule has 1 aromatic carbocycles. The van der Waals surface area contributed by atoms with Crippen LogP contribution >= 0.6 is 0 Å². The molecular weight excluding hydrogens is 298 g/mol. The number of aromatic nitrogens is 3. The summed E-state index contributed by atoms with van der Waals surface area (Å²) in [5.74, 6) is 0.537. The molecule has 0 atom stereocenters. The van der Waals surface area contributed by atoms with E-state index in [9.17, 15) is 4.79 Å². The smallest absolute Gasteiger partial charge is 0.358 e. The molecule has 0 spiro atoms. The summed E-state index contributed by atoms with van der Waals surface area (Å²) in [6.07, 6.45) is 0.703. The Morgan fingerprint density at radius 3 is 2.48 bits per heavy atom. The van der Waals surface area contributed by atoms with E-state index >= 15 is 0 Å². The summed E-state index contributed by atoms with van der Waals surface area (Å²) in [6.45, 7) is 4.92. The number of aryl methyl sites for hydroxylation is 1. The van der Waals surface area contributed by atoms with E-state index in [0.29, 0.717) is 25.3 Å². The third-order valence-electron chi connectivity index (χ3n) is 3.37. The zero-order valence-corrected chi connectivity index (χ0v) is 13.5. The highest BCUT2D eigenvalue weighted by molar-refractivity contribution is 5.86. The van der Waals surface area contributed by atoms with Gasteiger partial charge in [0.25, 0.3) is 0 Å². The SMILES string of the molecule is COc1ccc(OCCCn2nnc(C(=O)O)c2C(C)C)cc1. The Morgan fingerprint density at radius 1 is 1.26 bits per heavy atom. The summed E-state index contributed by atoms with van der Waals surface area (Å²) in [7, 11) is 1.62. The zero-order valence-electron chi connectivity index (χ0n) is 13.5. The lowest BCUT2D eigenvalue weighted by atomic mass is 10.1. The molecule has 7 nitrogen and oxygen atoms in total. The molecule has 124 valence electrons. The van der Waals surface area contributed by atoms with Crippen LogP contribution in [0.25, 0.3) is 0 Å². The maximum atomic E-state index is 11.2. The third kappa shape index (κ3) is 4.21. The van der Waals surface area contributed by atoms with E-state index in [4.69, 9.17) is 14.6 Å². The number of aromatic carboxylic acids is 1. The fourth-order valence-electron chi connectivity index (χ4n) is 2.29. The van der Waals surface area contributed by atoms with Gasteiger partial charge in [0, 0.05) is 13.0 Å².